The Hall–Kier alpha value is -4.44. The minimum absolute atomic E-state index is 0.225. The Kier molecular flexibility index (Phi) is 10.7. The summed E-state index contributed by atoms with van der Waals surface area (Å²) in [5, 5.41) is 11.3. The molecule has 0 spiro atoms. The Balaban J connectivity index is 1.78. The molecule has 0 radical (unpaired) electrons. The second-order valence-electron chi connectivity index (χ2n) is 11.7. The Morgan fingerprint density at radius 1 is 1.10 bits per heavy atom. The number of amidine groups is 1. The van der Waals surface area contributed by atoms with Crippen molar-refractivity contribution in [3.8, 4) is 11.8 Å². The molecule has 0 aliphatic carbocycles. The van der Waals surface area contributed by atoms with Crippen LogP contribution in [0.1, 0.15) is 87.8 Å². The molecule has 2 heterocycles. The third-order valence-corrected chi connectivity index (χ3v) is 6.76. The average Bonchev–Trinajstić information content (AvgIpc) is 3.37. The van der Waals surface area contributed by atoms with Gasteiger partial charge in [0.25, 0.3) is 5.91 Å². The summed E-state index contributed by atoms with van der Waals surface area (Å²) in [5.41, 5.74) is 4.73. The largest absolute Gasteiger partial charge is 0.325 e. The summed E-state index contributed by atoms with van der Waals surface area (Å²) in [4.78, 5) is 21.9. The fraction of sp³-hybridized carbons (Fsp3) is 0.371. The molecule has 3 aromatic rings. The molecule has 1 aromatic carbocycles. The number of aryl methyl sites for hydroxylation is 3. The number of allylic oxidation sites excluding steroid dienone is 1. The zero-order chi connectivity index (χ0) is 30.9. The molecular weight excluding hydrogens is 520 g/mol. The van der Waals surface area contributed by atoms with E-state index in [0.717, 1.165) is 53.2 Å². The molecule has 0 fully saturated rings. The smallest absolute Gasteiger partial charge is 0.274 e. The maximum Gasteiger partial charge on any atom is 0.274 e. The molecule has 0 aliphatic rings. The highest BCUT2D eigenvalue weighted by Crippen LogP contribution is 2.25. The monoisotopic (exact) mass is 564 g/mol. The molecule has 7 heteroatoms. The van der Waals surface area contributed by atoms with E-state index in [4.69, 9.17) is 5.10 Å². The number of nitrogens with zero attached hydrogens (tertiary/aromatic N) is 4. The summed E-state index contributed by atoms with van der Waals surface area (Å²) >= 11 is 0. The number of anilines is 2. The van der Waals surface area contributed by atoms with Crippen LogP contribution in [0.2, 0.25) is 0 Å². The Morgan fingerprint density at radius 2 is 1.86 bits per heavy atom. The number of aromatic nitrogens is 3. The third kappa shape index (κ3) is 8.53. The van der Waals surface area contributed by atoms with Gasteiger partial charge < -0.3 is 10.6 Å². The van der Waals surface area contributed by atoms with Gasteiger partial charge in [0.15, 0.2) is 0 Å². The minimum atomic E-state index is -0.368. The van der Waals surface area contributed by atoms with Gasteiger partial charge in [-0.3, -0.25) is 9.78 Å². The lowest BCUT2D eigenvalue weighted by atomic mass is 9.85. The number of rotatable bonds is 9. The van der Waals surface area contributed by atoms with E-state index in [1.165, 1.54) is 0 Å². The topological polar surface area (TPSA) is 84.2 Å². The van der Waals surface area contributed by atoms with E-state index >= 15 is 0 Å². The maximum absolute atomic E-state index is 13.1. The lowest BCUT2D eigenvalue weighted by Crippen LogP contribution is -2.26. The molecule has 3 rings (SSSR count). The first-order chi connectivity index (χ1) is 19.9. The van der Waals surface area contributed by atoms with Gasteiger partial charge in [-0.1, -0.05) is 31.6 Å². The molecule has 2 N–H and O–H groups in total. The highest BCUT2D eigenvalue weighted by atomic mass is 16.1. The second-order valence-corrected chi connectivity index (χ2v) is 11.7. The number of carbonyl (C=O) groups excluding carboxylic acids is 1. The molecule has 220 valence electrons. The van der Waals surface area contributed by atoms with E-state index in [1.807, 2.05) is 54.9 Å². The van der Waals surface area contributed by atoms with E-state index < -0.39 is 0 Å². The van der Waals surface area contributed by atoms with E-state index in [2.05, 4.69) is 86.6 Å². The van der Waals surface area contributed by atoms with Gasteiger partial charge in [-0.05, 0) is 108 Å². The van der Waals surface area contributed by atoms with Crippen LogP contribution in [0.15, 0.2) is 72.5 Å². The zero-order valence-corrected chi connectivity index (χ0v) is 26.3. The summed E-state index contributed by atoms with van der Waals surface area (Å²) in [6, 6.07) is 11.8. The van der Waals surface area contributed by atoms with Crippen molar-refractivity contribution in [1.29, 1.82) is 0 Å². The fourth-order valence-electron chi connectivity index (χ4n) is 4.38. The molecule has 42 heavy (non-hydrogen) atoms. The van der Waals surface area contributed by atoms with E-state index in [-0.39, 0.29) is 16.9 Å². The predicted molar refractivity (Wildman–Crippen MR) is 175 cm³/mol. The second kappa shape index (κ2) is 14.0. The fourth-order valence-corrected chi connectivity index (χ4v) is 4.38. The van der Waals surface area contributed by atoms with Gasteiger partial charge >= 0.3 is 0 Å². The molecule has 0 bridgehead atoms. The normalized spacial score (nSPS) is 12.1. The van der Waals surface area contributed by atoms with Crippen LogP contribution < -0.4 is 10.6 Å². The molecule has 1 amide bonds. The quantitative estimate of drug-likeness (QED) is 0.159. The van der Waals surface area contributed by atoms with Crippen molar-refractivity contribution in [2.45, 2.75) is 85.6 Å². The van der Waals surface area contributed by atoms with Crippen LogP contribution in [-0.4, -0.2) is 26.5 Å². The number of pyridine rings is 1. The first kappa shape index (κ1) is 32.1. The van der Waals surface area contributed by atoms with Crippen molar-refractivity contribution in [2.24, 2.45) is 4.99 Å². The average molecular weight is 565 g/mol. The van der Waals surface area contributed by atoms with E-state index in [9.17, 15) is 4.79 Å². The van der Waals surface area contributed by atoms with Gasteiger partial charge in [0.05, 0.1) is 16.6 Å². The van der Waals surface area contributed by atoms with Crippen LogP contribution in [0.25, 0.3) is 0 Å². The van der Waals surface area contributed by atoms with Crippen molar-refractivity contribution in [1.82, 2.24) is 14.8 Å². The molecule has 0 atom stereocenters. The van der Waals surface area contributed by atoms with Gasteiger partial charge in [0.2, 0.25) is 0 Å². The summed E-state index contributed by atoms with van der Waals surface area (Å²) < 4.78 is 1.98. The number of aliphatic imine (C=N–C) groups is 1. The predicted octanol–water partition coefficient (Wildman–Crippen LogP) is 7.60. The van der Waals surface area contributed by atoms with Crippen LogP contribution in [0.4, 0.5) is 11.5 Å². The zero-order valence-electron chi connectivity index (χ0n) is 26.3. The molecule has 2 aromatic heterocycles. The lowest BCUT2D eigenvalue weighted by molar-refractivity contribution is 0.102. The van der Waals surface area contributed by atoms with E-state index in [0.29, 0.717) is 11.5 Å². The van der Waals surface area contributed by atoms with Crippen LogP contribution in [0.3, 0.4) is 0 Å². The summed E-state index contributed by atoms with van der Waals surface area (Å²) in [6.07, 6.45) is 9.26. The van der Waals surface area contributed by atoms with E-state index in [1.54, 1.807) is 18.5 Å². The van der Waals surface area contributed by atoms with Crippen LogP contribution in [0.5, 0.6) is 0 Å². The molecule has 7 nitrogen and oxygen atoms in total. The summed E-state index contributed by atoms with van der Waals surface area (Å²) in [5.74, 6) is 7.70. The van der Waals surface area contributed by atoms with Crippen LogP contribution in [0, 0.1) is 18.8 Å². The van der Waals surface area contributed by atoms with Gasteiger partial charge in [0, 0.05) is 30.6 Å². The van der Waals surface area contributed by atoms with Gasteiger partial charge in [-0.15, -0.1) is 5.92 Å². The van der Waals surface area contributed by atoms with Crippen molar-refractivity contribution in [3.05, 3.63) is 95.6 Å². The first-order valence-electron chi connectivity index (χ1n) is 14.4. The van der Waals surface area contributed by atoms with Gasteiger partial charge in [-0.25, -0.2) is 9.67 Å². The first-order valence-corrected chi connectivity index (χ1v) is 14.4. The molecule has 0 aliphatic heterocycles. The number of carbonyl (C=O) groups is 1. The molecular formula is C35H44N6O. The molecule has 0 saturated carbocycles. The number of hydrogen-bond donors (Lipinski definition) is 2. The number of hydrogen-bond acceptors (Lipinski definition) is 4. The highest BCUT2D eigenvalue weighted by Gasteiger charge is 2.21. The number of benzene rings is 1. The number of nitrogens with one attached hydrogen (secondary N) is 2. The van der Waals surface area contributed by atoms with Gasteiger partial charge in [-0.2, -0.15) is 5.10 Å². The maximum atomic E-state index is 13.1. The molecule has 0 saturated heterocycles. The Labute approximate surface area is 251 Å². The molecule has 0 unspecified atom stereocenters. The van der Waals surface area contributed by atoms with Gasteiger partial charge in [0.1, 0.15) is 17.3 Å². The summed E-state index contributed by atoms with van der Waals surface area (Å²) in [7, 11) is 0. The highest BCUT2D eigenvalue weighted by molar-refractivity contribution is 6.03. The van der Waals surface area contributed by atoms with Crippen LogP contribution in [-0.2, 0) is 23.8 Å². The van der Waals surface area contributed by atoms with Crippen molar-refractivity contribution in [3.63, 3.8) is 0 Å². The van der Waals surface area contributed by atoms with Crippen molar-refractivity contribution < 1.29 is 4.79 Å². The minimum Gasteiger partial charge on any atom is -0.325 e. The lowest BCUT2D eigenvalue weighted by Gasteiger charge is -2.22. The van der Waals surface area contributed by atoms with Crippen LogP contribution >= 0.6 is 0 Å². The number of amides is 1. The third-order valence-electron chi connectivity index (χ3n) is 6.76. The standard InChI is InChI=1S/C35H44N6O/c1-10-13-19-35(8,9)27-18-21-36-30(23-27)33(42)38-28-16-14-25(4)26(22-28)15-17-29-24-32(41(40-29)34(5,6)7)39-31(12-3)37-20-11-2/h11-12,14,16,18,20-24H,3,10,15,17H2,1-2,4-9H3,(H,37,39)(H,38,42)/b20-11-. The Bertz CT molecular complexity index is 1540. The van der Waals surface area contributed by atoms with Crippen molar-refractivity contribution in [2.75, 3.05) is 10.6 Å². The SMILES string of the molecule is C=CC(=N/C=C\C)Nc1cc(CCc2cc(NC(=O)c3cc(C(C)(C)C#CCC)ccn3)ccc2C)nn1C(C)(C)C. The summed E-state index contributed by atoms with van der Waals surface area (Å²) in [6.45, 7) is 20.4. The Morgan fingerprint density at radius 3 is 2.52 bits per heavy atom. The van der Waals surface area contributed by atoms with Crippen molar-refractivity contribution >= 4 is 23.2 Å².